The highest BCUT2D eigenvalue weighted by atomic mass is 16.3. The number of nitrogens with zero attached hydrogens (tertiary/aromatic N) is 1. The van der Waals surface area contributed by atoms with Crippen molar-refractivity contribution in [3.63, 3.8) is 0 Å². The van der Waals surface area contributed by atoms with Crippen LogP contribution >= 0.6 is 0 Å². The van der Waals surface area contributed by atoms with Gasteiger partial charge < -0.3 is 10.0 Å². The van der Waals surface area contributed by atoms with Gasteiger partial charge in [-0.15, -0.1) is 0 Å². The summed E-state index contributed by atoms with van der Waals surface area (Å²) in [6, 6.07) is 5.11. The molecule has 0 saturated heterocycles. The van der Waals surface area contributed by atoms with Gasteiger partial charge in [0.1, 0.15) is 5.75 Å². The molecule has 0 aliphatic carbocycles. The number of aromatic hydroxyl groups is 1. The third-order valence-corrected chi connectivity index (χ3v) is 2.41. The number of phenolic OH excluding ortho intramolecular Hbond substituents is 1. The highest BCUT2D eigenvalue weighted by Crippen LogP contribution is 2.29. The minimum absolute atomic E-state index is 0. The van der Waals surface area contributed by atoms with Gasteiger partial charge in [-0.05, 0) is 30.2 Å². The van der Waals surface area contributed by atoms with Crippen molar-refractivity contribution < 1.29 is 9.90 Å². The zero-order valence-electron chi connectivity index (χ0n) is 7.45. The molecule has 0 aromatic heterocycles. The second-order valence-corrected chi connectivity index (χ2v) is 3.27. The van der Waals surface area contributed by atoms with E-state index in [4.69, 9.17) is 0 Å². The molecule has 0 fully saturated rings. The Morgan fingerprint density at radius 1 is 1.36 bits per heavy atom. The van der Waals surface area contributed by atoms with Crippen molar-refractivity contribution in [3.8, 4) is 5.75 Å². The van der Waals surface area contributed by atoms with Gasteiger partial charge in [0.2, 0.25) is 5.91 Å². The molecule has 0 bridgehead atoms. The molecule has 0 unspecified atom stereocenters. The Kier molecular flexibility index (Phi) is 2.79. The smallest absolute Gasteiger partial charge is 0.227 e. The molecule has 3 nitrogen and oxygen atoms in total. The zero-order valence-corrected chi connectivity index (χ0v) is 7.45. The van der Waals surface area contributed by atoms with Crippen molar-refractivity contribution in [1.29, 1.82) is 0 Å². The Balaban J connectivity index is 0.000000980. The van der Waals surface area contributed by atoms with Gasteiger partial charge >= 0.3 is 0 Å². The van der Waals surface area contributed by atoms with E-state index in [1.54, 1.807) is 30.1 Å². The van der Waals surface area contributed by atoms with Gasteiger partial charge in [0, 0.05) is 19.2 Å². The van der Waals surface area contributed by atoms with Crippen LogP contribution < -0.4 is 4.90 Å². The minimum Gasteiger partial charge on any atom is -0.508 e. The first kappa shape index (κ1) is 10.6. The van der Waals surface area contributed by atoms with Gasteiger partial charge in [-0.3, -0.25) is 4.79 Å². The average molecular weight is 193 g/mol. The molecule has 3 heteroatoms. The largest absolute Gasteiger partial charge is 0.508 e. The number of hydrogen-bond acceptors (Lipinski definition) is 2. The van der Waals surface area contributed by atoms with Gasteiger partial charge in [-0.25, -0.2) is 0 Å². The van der Waals surface area contributed by atoms with E-state index < -0.39 is 0 Å². The summed E-state index contributed by atoms with van der Waals surface area (Å²) in [4.78, 5) is 12.9. The van der Waals surface area contributed by atoms with E-state index in [2.05, 4.69) is 0 Å². The third-order valence-electron chi connectivity index (χ3n) is 2.41. The number of hydrogen-bond donors (Lipinski definition) is 1. The van der Waals surface area contributed by atoms with E-state index in [1.165, 1.54) is 0 Å². The lowest BCUT2D eigenvalue weighted by atomic mass is 10.0. The van der Waals surface area contributed by atoms with Crippen LogP contribution in [0.25, 0.3) is 0 Å². The number of rotatable bonds is 0. The molecule has 0 atom stereocenters. The van der Waals surface area contributed by atoms with Crippen molar-refractivity contribution in [2.75, 3.05) is 11.9 Å². The Labute approximate surface area is 84.0 Å². The van der Waals surface area contributed by atoms with E-state index in [-0.39, 0.29) is 19.1 Å². The van der Waals surface area contributed by atoms with Crippen molar-refractivity contribution in [2.24, 2.45) is 0 Å². The van der Waals surface area contributed by atoms with Gasteiger partial charge in [0.05, 0.1) is 0 Å². The van der Waals surface area contributed by atoms with Gasteiger partial charge in [-0.1, -0.05) is 7.43 Å². The number of carbonyl (C=O) groups excluding carboxylic acids is 1. The summed E-state index contributed by atoms with van der Waals surface area (Å²) in [6.07, 6.45) is 1.26. The predicted molar refractivity (Wildman–Crippen MR) is 56.6 cm³/mol. The highest BCUT2D eigenvalue weighted by Gasteiger charge is 2.20. The van der Waals surface area contributed by atoms with E-state index in [9.17, 15) is 9.90 Å². The minimum atomic E-state index is 0. The molecule has 1 aliphatic rings. The number of amides is 1. The molecule has 1 N–H and O–H groups in total. The summed E-state index contributed by atoms with van der Waals surface area (Å²) in [6.45, 7) is 0. The molecule has 1 amide bonds. The summed E-state index contributed by atoms with van der Waals surface area (Å²) in [7, 11) is 1.76. The molecule has 1 aromatic rings. The van der Waals surface area contributed by atoms with Crippen molar-refractivity contribution >= 4 is 11.6 Å². The topological polar surface area (TPSA) is 40.5 Å². The predicted octanol–water partition coefficient (Wildman–Crippen LogP) is 1.94. The van der Waals surface area contributed by atoms with Crippen LogP contribution in [-0.2, 0) is 11.2 Å². The molecule has 76 valence electrons. The second kappa shape index (κ2) is 3.70. The summed E-state index contributed by atoms with van der Waals surface area (Å²) >= 11 is 0. The maximum absolute atomic E-state index is 11.3. The molecule has 2 rings (SSSR count). The number of benzene rings is 1. The van der Waals surface area contributed by atoms with Crippen molar-refractivity contribution in [3.05, 3.63) is 23.8 Å². The molecular weight excluding hydrogens is 178 g/mol. The molecule has 14 heavy (non-hydrogen) atoms. The number of fused-ring (bicyclic) bond motifs is 1. The van der Waals surface area contributed by atoms with Crippen molar-refractivity contribution in [1.82, 2.24) is 0 Å². The van der Waals surface area contributed by atoms with E-state index in [1.807, 2.05) is 0 Å². The Hall–Kier alpha value is -1.51. The average Bonchev–Trinajstić information content (AvgIpc) is 2.12. The monoisotopic (exact) mass is 193 g/mol. The lowest BCUT2D eigenvalue weighted by Gasteiger charge is -2.25. The maximum atomic E-state index is 11.3. The number of carbonyl (C=O) groups is 1. The molecule has 0 saturated carbocycles. The second-order valence-electron chi connectivity index (χ2n) is 3.27. The van der Waals surface area contributed by atoms with Crippen LogP contribution in [0.4, 0.5) is 5.69 Å². The molecule has 1 aromatic carbocycles. The van der Waals surface area contributed by atoms with Crippen LogP contribution in [0.1, 0.15) is 19.4 Å². The molecule has 1 heterocycles. The zero-order chi connectivity index (χ0) is 9.42. The standard InChI is InChI=1S/C10H11NO2.CH4/c1-11-9-4-3-8(12)6-7(9)2-5-10(11)13;/h3-4,6,12H,2,5H2,1H3;1H4. The van der Waals surface area contributed by atoms with E-state index in [0.29, 0.717) is 6.42 Å². The summed E-state index contributed by atoms with van der Waals surface area (Å²) < 4.78 is 0. The summed E-state index contributed by atoms with van der Waals surface area (Å²) in [5.74, 6) is 0.402. The SMILES string of the molecule is C.CN1C(=O)CCc2cc(O)ccc21. The van der Waals surface area contributed by atoms with Crippen LogP contribution in [0.5, 0.6) is 5.75 Å². The van der Waals surface area contributed by atoms with Crippen molar-refractivity contribution in [2.45, 2.75) is 20.3 Å². The molecular formula is C11H15NO2. The third kappa shape index (κ3) is 1.58. The number of phenols is 1. The van der Waals surface area contributed by atoms with E-state index in [0.717, 1.165) is 17.7 Å². The number of anilines is 1. The summed E-state index contributed by atoms with van der Waals surface area (Å²) in [5.41, 5.74) is 1.95. The van der Waals surface area contributed by atoms with Crippen LogP contribution in [0.2, 0.25) is 0 Å². The first-order chi connectivity index (χ1) is 6.18. The van der Waals surface area contributed by atoms with Crippen LogP contribution in [0.3, 0.4) is 0 Å². The Bertz CT molecular complexity index is 360. The first-order valence-corrected chi connectivity index (χ1v) is 4.27. The van der Waals surface area contributed by atoms with Crippen LogP contribution in [-0.4, -0.2) is 18.1 Å². The Morgan fingerprint density at radius 3 is 2.79 bits per heavy atom. The fourth-order valence-corrected chi connectivity index (χ4v) is 1.64. The Morgan fingerprint density at radius 2 is 2.07 bits per heavy atom. The molecule has 0 spiro atoms. The lowest BCUT2D eigenvalue weighted by molar-refractivity contribution is -0.118. The normalized spacial score (nSPS) is 14.6. The fourth-order valence-electron chi connectivity index (χ4n) is 1.64. The highest BCUT2D eigenvalue weighted by molar-refractivity contribution is 5.95. The van der Waals surface area contributed by atoms with E-state index >= 15 is 0 Å². The lowest BCUT2D eigenvalue weighted by Crippen LogP contribution is -2.30. The van der Waals surface area contributed by atoms with Gasteiger partial charge in [-0.2, -0.15) is 0 Å². The molecule has 1 aliphatic heterocycles. The maximum Gasteiger partial charge on any atom is 0.227 e. The quantitative estimate of drug-likeness (QED) is 0.684. The van der Waals surface area contributed by atoms with Gasteiger partial charge in [0.15, 0.2) is 0 Å². The number of aryl methyl sites for hydroxylation is 1. The van der Waals surface area contributed by atoms with Crippen LogP contribution in [0.15, 0.2) is 18.2 Å². The van der Waals surface area contributed by atoms with Crippen LogP contribution in [0, 0.1) is 0 Å². The molecule has 0 radical (unpaired) electrons. The summed E-state index contributed by atoms with van der Waals surface area (Å²) in [5, 5.41) is 9.24. The fraction of sp³-hybridized carbons (Fsp3) is 0.364. The first-order valence-electron chi connectivity index (χ1n) is 4.27. The van der Waals surface area contributed by atoms with Gasteiger partial charge in [0.25, 0.3) is 0 Å².